The third-order valence-corrected chi connectivity index (χ3v) is 3.68. The highest BCUT2D eigenvalue weighted by atomic mass is 16.5. The van der Waals surface area contributed by atoms with Gasteiger partial charge in [0.15, 0.2) is 0 Å². The van der Waals surface area contributed by atoms with Crippen LogP contribution in [0.2, 0.25) is 0 Å². The summed E-state index contributed by atoms with van der Waals surface area (Å²) < 4.78 is 5.09. The molecule has 0 amide bonds. The Hall–Kier alpha value is -0.830. The fourth-order valence-electron chi connectivity index (χ4n) is 2.61. The Kier molecular flexibility index (Phi) is 7.74. The maximum absolute atomic E-state index is 11.0. The van der Waals surface area contributed by atoms with Crippen LogP contribution in [0.4, 0.5) is 0 Å². The highest BCUT2D eigenvalue weighted by Gasteiger charge is 2.20. The molecular weight excluding hydrogens is 226 g/mol. The number of hydrogen-bond donors (Lipinski definition) is 0. The molecule has 0 atom stereocenters. The van der Waals surface area contributed by atoms with Gasteiger partial charge in [-0.15, -0.1) is 0 Å². The second kappa shape index (κ2) is 9.15. The van der Waals surface area contributed by atoms with Gasteiger partial charge in [0.1, 0.15) is 6.61 Å². The average Bonchev–Trinajstić information content (AvgIpc) is 2.43. The first-order valence-corrected chi connectivity index (χ1v) is 7.31. The van der Waals surface area contributed by atoms with E-state index in [4.69, 9.17) is 4.74 Å². The van der Waals surface area contributed by atoms with Crippen molar-refractivity contribution in [3.05, 3.63) is 12.7 Å². The van der Waals surface area contributed by atoms with Crippen LogP contribution < -0.4 is 0 Å². The van der Waals surface area contributed by atoms with Crippen molar-refractivity contribution >= 4 is 5.97 Å². The van der Waals surface area contributed by atoms with Crippen molar-refractivity contribution < 1.29 is 9.53 Å². The third-order valence-electron chi connectivity index (χ3n) is 3.68. The predicted octanol–water partition coefficient (Wildman–Crippen LogP) is 3.15. The number of esters is 1. The average molecular weight is 253 g/mol. The largest absolute Gasteiger partial charge is 0.461 e. The van der Waals surface area contributed by atoms with Gasteiger partial charge in [-0.05, 0) is 25.8 Å². The van der Waals surface area contributed by atoms with Crippen LogP contribution in [0.25, 0.3) is 0 Å². The normalized spacial score (nSPS) is 16.8. The van der Waals surface area contributed by atoms with Gasteiger partial charge in [0.2, 0.25) is 0 Å². The van der Waals surface area contributed by atoms with Crippen LogP contribution in [0.5, 0.6) is 0 Å². The van der Waals surface area contributed by atoms with Crippen LogP contribution in [-0.4, -0.2) is 36.6 Å². The predicted molar refractivity (Wildman–Crippen MR) is 74.5 cm³/mol. The van der Waals surface area contributed by atoms with Crippen molar-refractivity contribution in [1.82, 2.24) is 4.90 Å². The van der Waals surface area contributed by atoms with Crippen molar-refractivity contribution in [2.24, 2.45) is 0 Å². The summed E-state index contributed by atoms with van der Waals surface area (Å²) in [7, 11) is 0. The van der Waals surface area contributed by atoms with Crippen molar-refractivity contribution in [3.63, 3.8) is 0 Å². The maximum Gasteiger partial charge on any atom is 0.330 e. The number of unbranched alkanes of at least 4 members (excludes halogenated alkanes) is 1. The van der Waals surface area contributed by atoms with E-state index >= 15 is 0 Å². The van der Waals surface area contributed by atoms with Crippen LogP contribution in [0, 0.1) is 0 Å². The molecule has 0 aromatic carbocycles. The van der Waals surface area contributed by atoms with Gasteiger partial charge in [-0.25, -0.2) is 4.79 Å². The van der Waals surface area contributed by atoms with Gasteiger partial charge in [0.25, 0.3) is 0 Å². The number of rotatable bonds is 8. The second-order valence-electron chi connectivity index (χ2n) is 5.05. The molecule has 1 fully saturated rings. The summed E-state index contributed by atoms with van der Waals surface area (Å²) in [6, 6.07) is 0.702. The van der Waals surface area contributed by atoms with E-state index in [1.165, 1.54) is 51.0 Å². The minimum atomic E-state index is -0.311. The minimum Gasteiger partial charge on any atom is -0.461 e. The van der Waals surface area contributed by atoms with Crippen molar-refractivity contribution in [1.29, 1.82) is 0 Å². The molecule has 0 spiro atoms. The molecule has 0 N–H and O–H groups in total. The SMILES string of the molecule is C=CC(=O)OCCN(CCCC)C1CCCCC1. The van der Waals surface area contributed by atoms with Gasteiger partial charge < -0.3 is 4.74 Å². The van der Waals surface area contributed by atoms with Crippen LogP contribution in [0.3, 0.4) is 0 Å². The zero-order chi connectivity index (χ0) is 13.2. The number of hydrogen-bond acceptors (Lipinski definition) is 3. The minimum absolute atomic E-state index is 0.311. The van der Waals surface area contributed by atoms with Gasteiger partial charge in [0.05, 0.1) is 0 Å². The molecule has 0 aromatic rings. The molecule has 0 aromatic heterocycles. The highest BCUT2D eigenvalue weighted by Crippen LogP contribution is 2.22. The lowest BCUT2D eigenvalue weighted by Crippen LogP contribution is -2.39. The first kappa shape index (κ1) is 15.2. The summed E-state index contributed by atoms with van der Waals surface area (Å²) in [5, 5.41) is 0. The molecular formula is C15H27NO2. The Bertz CT molecular complexity index is 247. The quantitative estimate of drug-likeness (QED) is 0.491. The lowest BCUT2D eigenvalue weighted by atomic mass is 9.94. The van der Waals surface area contributed by atoms with E-state index in [1.54, 1.807) is 0 Å². The Balaban J connectivity index is 2.33. The van der Waals surface area contributed by atoms with E-state index in [2.05, 4.69) is 18.4 Å². The molecule has 0 saturated heterocycles. The Morgan fingerprint density at radius 2 is 2.06 bits per heavy atom. The van der Waals surface area contributed by atoms with Crippen LogP contribution in [-0.2, 0) is 9.53 Å². The summed E-state index contributed by atoms with van der Waals surface area (Å²) in [4.78, 5) is 13.5. The number of nitrogens with zero attached hydrogens (tertiary/aromatic N) is 1. The standard InChI is InChI=1S/C15H27NO2/c1-3-5-11-16(12-13-18-15(17)4-2)14-9-7-6-8-10-14/h4,14H,2-3,5-13H2,1H3. The summed E-state index contributed by atoms with van der Waals surface area (Å²) in [5.74, 6) is -0.311. The van der Waals surface area contributed by atoms with Crippen molar-refractivity contribution in [2.75, 3.05) is 19.7 Å². The Labute approximate surface area is 111 Å². The number of carbonyl (C=O) groups excluding carboxylic acids is 1. The highest BCUT2D eigenvalue weighted by molar-refractivity contribution is 5.81. The molecule has 18 heavy (non-hydrogen) atoms. The van der Waals surface area contributed by atoms with Crippen LogP contribution >= 0.6 is 0 Å². The molecule has 0 bridgehead atoms. The molecule has 0 aliphatic heterocycles. The van der Waals surface area contributed by atoms with Crippen molar-refractivity contribution in [3.8, 4) is 0 Å². The molecule has 3 nitrogen and oxygen atoms in total. The van der Waals surface area contributed by atoms with Crippen LogP contribution in [0.1, 0.15) is 51.9 Å². The van der Waals surface area contributed by atoms with E-state index in [9.17, 15) is 4.79 Å². The summed E-state index contributed by atoms with van der Waals surface area (Å²) in [6.07, 6.45) is 10.4. The summed E-state index contributed by atoms with van der Waals surface area (Å²) >= 11 is 0. The van der Waals surface area contributed by atoms with Gasteiger partial charge in [-0.3, -0.25) is 4.90 Å². The molecule has 0 unspecified atom stereocenters. The van der Waals surface area contributed by atoms with E-state index in [1.807, 2.05) is 0 Å². The van der Waals surface area contributed by atoms with E-state index < -0.39 is 0 Å². The first-order valence-electron chi connectivity index (χ1n) is 7.31. The molecule has 1 aliphatic carbocycles. The maximum atomic E-state index is 11.0. The third kappa shape index (κ3) is 5.67. The Morgan fingerprint density at radius 3 is 2.67 bits per heavy atom. The topological polar surface area (TPSA) is 29.5 Å². The summed E-state index contributed by atoms with van der Waals surface area (Å²) in [5.41, 5.74) is 0. The van der Waals surface area contributed by atoms with Gasteiger partial charge in [-0.2, -0.15) is 0 Å². The van der Waals surface area contributed by atoms with Crippen molar-refractivity contribution in [2.45, 2.75) is 57.9 Å². The lowest BCUT2D eigenvalue weighted by Gasteiger charge is -2.34. The molecule has 1 saturated carbocycles. The zero-order valence-electron chi connectivity index (χ0n) is 11.7. The fourth-order valence-corrected chi connectivity index (χ4v) is 2.61. The first-order chi connectivity index (χ1) is 8.77. The summed E-state index contributed by atoms with van der Waals surface area (Å²) in [6.45, 7) is 8.12. The van der Waals surface area contributed by atoms with Gasteiger partial charge >= 0.3 is 5.97 Å². The zero-order valence-corrected chi connectivity index (χ0v) is 11.7. The molecule has 0 radical (unpaired) electrons. The van der Waals surface area contributed by atoms with Crippen LogP contribution in [0.15, 0.2) is 12.7 Å². The fraction of sp³-hybridized carbons (Fsp3) is 0.800. The smallest absolute Gasteiger partial charge is 0.330 e. The number of carbonyl (C=O) groups is 1. The van der Waals surface area contributed by atoms with E-state index in [0.29, 0.717) is 12.6 Å². The molecule has 3 heteroatoms. The second-order valence-corrected chi connectivity index (χ2v) is 5.05. The van der Waals surface area contributed by atoms with E-state index in [-0.39, 0.29) is 5.97 Å². The number of ether oxygens (including phenoxy) is 1. The Morgan fingerprint density at radius 1 is 1.33 bits per heavy atom. The van der Waals surface area contributed by atoms with E-state index in [0.717, 1.165) is 13.1 Å². The molecule has 1 rings (SSSR count). The van der Waals surface area contributed by atoms with Gasteiger partial charge in [0, 0.05) is 18.7 Å². The lowest BCUT2D eigenvalue weighted by molar-refractivity contribution is -0.138. The molecule has 104 valence electrons. The molecule has 0 heterocycles. The van der Waals surface area contributed by atoms with Gasteiger partial charge in [-0.1, -0.05) is 39.2 Å². The monoisotopic (exact) mass is 253 g/mol. The molecule has 1 aliphatic rings.